The van der Waals surface area contributed by atoms with Gasteiger partial charge in [-0.3, -0.25) is 14.6 Å². The van der Waals surface area contributed by atoms with Crippen molar-refractivity contribution in [2.24, 2.45) is 0 Å². The number of hydrogen-bond acceptors (Lipinski definition) is 5. The minimum atomic E-state index is -4.56. The Morgan fingerprint density at radius 2 is 1.48 bits per heavy atom. The van der Waals surface area contributed by atoms with Gasteiger partial charge in [0.15, 0.2) is 0 Å². The average molecular weight is 703 g/mol. The Kier molecular flexibility index (Phi) is 12.8. The topological polar surface area (TPSA) is 56.2 Å². The third-order valence-electron chi connectivity index (χ3n) is 8.80. The molecule has 5 rings (SSSR count). The molecule has 0 amide bonds. The van der Waals surface area contributed by atoms with Gasteiger partial charge in [0.25, 0.3) is 0 Å². The van der Waals surface area contributed by atoms with Crippen LogP contribution in [0.25, 0.3) is 0 Å². The van der Waals surface area contributed by atoms with Gasteiger partial charge in [-0.25, -0.2) is 0 Å². The molecule has 4 aromatic rings. The highest BCUT2D eigenvalue weighted by atomic mass is 35.5. The Hall–Kier alpha value is -3.76. The van der Waals surface area contributed by atoms with E-state index < -0.39 is 23.2 Å². The van der Waals surface area contributed by atoms with E-state index in [9.17, 15) is 18.0 Å². The number of anilines is 1. The molecule has 1 aliphatic heterocycles. The van der Waals surface area contributed by atoms with Crippen LogP contribution < -0.4 is 9.64 Å². The molecular formula is C37H40Cl2F3N3O3. The maximum Gasteiger partial charge on any atom is 0.417 e. The summed E-state index contributed by atoms with van der Waals surface area (Å²) in [6, 6.07) is 31.9. The summed E-state index contributed by atoms with van der Waals surface area (Å²) in [6.07, 6.45) is -3.96. The van der Waals surface area contributed by atoms with E-state index in [0.717, 1.165) is 41.7 Å². The molecule has 1 heterocycles. The van der Waals surface area contributed by atoms with Gasteiger partial charge in [-0.1, -0.05) is 90.5 Å². The number of aliphatic carboxylic acids is 1. The predicted octanol–water partition coefficient (Wildman–Crippen LogP) is 8.22. The minimum absolute atomic E-state index is 0. The van der Waals surface area contributed by atoms with Crippen molar-refractivity contribution in [2.75, 3.05) is 50.8 Å². The van der Waals surface area contributed by atoms with Crippen LogP contribution in [0.3, 0.4) is 0 Å². The number of halogens is 5. The Bertz CT molecular complexity index is 1580. The molecule has 0 atom stereocenters. The summed E-state index contributed by atoms with van der Waals surface area (Å²) in [4.78, 5) is 17.4. The Balaban J connectivity index is 0.00000520. The number of alkyl halides is 3. The second-order valence-electron chi connectivity index (χ2n) is 11.9. The largest absolute Gasteiger partial charge is 0.493 e. The van der Waals surface area contributed by atoms with Crippen LogP contribution in [0.2, 0.25) is 5.02 Å². The van der Waals surface area contributed by atoms with Gasteiger partial charge >= 0.3 is 12.1 Å². The molecule has 0 unspecified atom stereocenters. The molecule has 1 aliphatic rings. The van der Waals surface area contributed by atoms with E-state index in [0.29, 0.717) is 38.2 Å². The lowest BCUT2D eigenvalue weighted by atomic mass is 9.82. The van der Waals surface area contributed by atoms with E-state index in [1.807, 2.05) is 89.8 Å². The van der Waals surface area contributed by atoms with Crippen LogP contribution in [0, 0.1) is 0 Å². The summed E-state index contributed by atoms with van der Waals surface area (Å²) in [6.45, 7) is 6.02. The first-order valence-electron chi connectivity index (χ1n) is 15.7. The number of benzene rings is 4. The number of piperazine rings is 1. The van der Waals surface area contributed by atoms with E-state index in [2.05, 4.69) is 16.7 Å². The molecule has 0 aromatic heterocycles. The van der Waals surface area contributed by atoms with E-state index in [1.54, 1.807) is 6.07 Å². The van der Waals surface area contributed by atoms with Crippen LogP contribution in [0.5, 0.6) is 5.75 Å². The van der Waals surface area contributed by atoms with Gasteiger partial charge in [0.1, 0.15) is 5.75 Å². The van der Waals surface area contributed by atoms with Crippen molar-refractivity contribution in [3.05, 3.63) is 130 Å². The van der Waals surface area contributed by atoms with Crippen LogP contribution in [0.4, 0.5) is 18.9 Å². The number of nitrogens with zero attached hydrogens (tertiary/aromatic N) is 3. The Morgan fingerprint density at radius 3 is 2.06 bits per heavy atom. The molecule has 0 aliphatic carbocycles. The fourth-order valence-corrected chi connectivity index (χ4v) is 6.51. The van der Waals surface area contributed by atoms with Crippen molar-refractivity contribution in [1.29, 1.82) is 0 Å². The minimum Gasteiger partial charge on any atom is -0.493 e. The zero-order chi connectivity index (χ0) is 33.4. The fourth-order valence-electron chi connectivity index (χ4n) is 6.22. The van der Waals surface area contributed by atoms with E-state index >= 15 is 0 Å². The Morgan fingerprint density at radius 1 is 0.875 bits per heavy atom. The van der Waals surface area contributed by atoms with Crippen molar-refractivity contribution in [2.45, 2.75) is 31.6 Å². The van der Waals surface area contributed by atoms with Crippen LogP contribution in [0.15, 0.2) is 103 Å². The summed E-state index contributed by atoms with van der Waals surface area (Å²) >= 11 is 6.43. The molecule has 0 spiro atoms. The first-order valence-corrected chi connectivity index (χ1v) is 16.1. The fraction of sp³-hybridized carbons (Fsp3) is 0.324. The second kappa shape index (κ2) is 16.6. The molecule has 0 bridgehead atoms. The first-order chi connectivity index (χ1) is 22.6. The van der Waals surface area contributed by atoms with Crippen molar-refractivity contribution < 1.29 is 27.8 Å². The normalized spacial score (nSPS) is 14.1. The molecule has 4 aromatic carbocycles. The number of carbonyl (C=O) groups is 1. The summed E-state index contributed by atoms with van der Waals surface area (Å²) < 4.78 is 47.6. The lowest BCUT2D eigenvalue weighted by Gasteiger charge is -2.43. The summed E-state index contributed by atoms with van der Waals surface area (Å²) in [5.41, 5.74) is 1.89. The number of hydrogen-bond donors (Lipinski definition) is 1. The molecule has 1 N–H and O–H groups in total. The molecule has 0 radical (unpaired) electrons. The van der Waals surface area contributed by atoms with Gasteiger partial charge in [-0.15, -0.1) is 12.4 Å². The van der Waals surface area contributed by atoms with Crippen LogP contribution in [0.1, 0.15) is 35.6 Å². The number of rotatable bonds is 13. The predicted molar refractivity (Wildman–Crippen MR) is 186 cm³/mol. The molecule has 256 valence electrons. The Labute approximate surface area is 291 Å². The summed E-state index contributed by atoms with van der Waals surface area (Å²) in [5, 5.41) is 8.80. The zero-order valence-corrected chi connectivity index (χ0v) is 28.3. The van der Waals surface area contributed by atoms with Gasteiger partial charge in [0, 0.05) is 51.0 Å². The highest BCUT2D eigenvalue weighted by molar-refractivity contribution is 6.32. The van der Waals surface area contributed by atoms with Gasteiger partial charge in [0.2, 0.25) is 0 Å². The van der Waals surface area contributed by atoms with Crippen molar-refractivity contribution in [3.8, 4) is 5.75 Å². The monoisotopic (exact) mass is 701 g/mol. The third-order valence-corrected chi connectivity index (χ3v) is 9.25. The molecular weight excluding hydrogens is 662 g/mol. The summed E-state index contributed by atoms with van der Waals surface area (Å²) in [5.74, 6) is -0.102. The van der Waals surface area contributed by atoms with Crippen LogP contribution in [-0.2, 0) is 23.1 Å². The first kappa shape index (κ1) is 37.1. The molecule has 1 fully saturated rings. The lowest BCUT2D eigenvalue weighted by molar-refractivity contribution is -0.139. The maximum atomic E-state index is 13.8. The lowest BCUT2D eigenvalue weighted by Crippen LogP contribution is -2.47. The highest BCUT2D eigenvalue weighted by Crippen LogP contribution is 2.40. The van der Waals surface area contributed by atoms with Gasteiger partial charge in [-0.2, -0.15) is 13.2 Å². The van der Waals surface area contributed by atoms with Crippen molar-refractivity contribution >= 4 is 35.7 Å². The van der Waals surface area contributed by atoms with E-state index in [1.165, 1.54) is 6.07 Å². The standard InChI is InChI=1S/C37H39ClF3N3O3.ClH/c1-36(29-12-4-2-5-13-29,30-14-6-3-7-15-30)44(26-28-11-8-18-33(35(28)38)37(39,40)41)19-10-24-47-32-17-9-16-31(25-32)43-22-20-42(21-23-43)27-34(45)46;/h2-9,11-18,25H,10,19-24,26-27H2,1H3,(H,45,46);1H. The number of ether oxygens (including phenoxy) is 1. The van der Waals surface area contributed by atoms with Gasteiger partial charge < -0.3 is 14.7 Å². The van der Waals surface area contributed by atoms with Crippen molar-refractivity contribution in [1.82, 2.24) is 9.80 Å². The molecule has 6 nitrogen and oxygen atoms in total. The van der Waals surface area contributed by atoms with Crippen molar-refractivity contribution in [3.63, 3.8) is 0 Å². The maximum absolute atomic E-state index is 13.8. The highest BCUT2D eigenvalue weighted by Gasteiger charge is 2.38. The molecule has 48 heavy (non-hydrogen) atoms. The average Bonchev–Trinajstić information content (AvgIpc) is 3.07. The number of carboxylic acid groups (broad SMARTS) is 1. The third kappa shape index (κ3) is 9.02. The smallest absolute Gasteiger partial charge is 0.417 e. The van der Waals surface area contributed by atoms with E-state index in [-0.39, 0.29) is 30.5 Å². The molecule has 0 saturated carbocycles. The van der Waals surface area contributed by atoms with Crippen LogP contribution >= 0.6 is 24.0 Å². The van der Waals surface area contributed by atoms with Gasteiger partial charge in [0.05, 0.1) is 29.3 Å². The molecule has 11 heteroatoms. The zero-order valence-electron chi connectivity index (χ0n) is 26.7. The second-order valence-corrected chi connectivity index (χ2v) is 12.2. The number of carboxylic acids is 1. The summed E-state index contributed by atoms with van der Waals surface area (Å²) in [7, 11) is 0. The van der Waals surface area contributed by atoms with E-state index in [4.69, 9.17) is 21.4 Å². The molecule has 1 saturated heterocycles. The van der Waals surface area contributed by atoms with Crippen LogP contribution in [-0.4, -0.2) is 66.8 Å². The SMILES string of the molecule is CC(c1ccccc1)(c1ccccc1)N(CCCOc1cccc(N2CCN(CC(=O)O)CC2)c1)Cc1cccc(C(F)(F)F)c1Cl.Cl. The quantitative estimate of drug-likeness (QED) is 0.142. The van der Waals surface area contributed by atoms with Gasteiger partial charge in [-0.05, 0) is 48.2 Å².